The smallest absolute Gasteiger partial charge is 0.344 e. The molecule has 38 heavy (non-hydrogen) atoms. The molecule has 4 aliphatic heterocycles. The third-order valence-corrected chi connectivity index (χ3v) is 6.77. The molecule has 0 N–H and O–H groups in total. The fraction of sp³-hybridized carbons (Fsp3) is 0.462. The van der Waals surface area contributed by atoms with E-state index in [0.29, 0.717) is 37.2 Å². The highest BCUT2D eigenvalue weighted by Crippen LogP contribution is 2.46. The lowest BCUT2D eigenvalue weighted by Gasteiger charge is -2.18. The first-order valence-corrected chi connectivity index (χ1v) is 12.5. The van der Waals surface area contributed by atoms with Crippen LogP contribution in [0.4, 0.5) is 0 Å². The zero-order valence-electron chi connectivity index (χ0n) is 20.0. The number of ether oxygens (including phenoxy) is 8. The first-order valence-electron chi connectivity index (χ1n) is 12.5. The maximum atomic E-state index is 13.4. The molecule has 0 spiro atoms. The molecular formula is C26H22O12. The van der Waals surface area contributed by atoms with E-state index in [4.69, 9.17) is 46.7 Å². The molecule has 12 heteroatoms. The maximum Gasteiger partial charge on any atom is 0.344 e. The van der Waals surface area contributed by atoms with Gasteiger partial charge in [-0.3, -0.25) is 0 Å². The highest BCUT2D eigenvalue weighted by Gasteiger charge is 2.32. The topological polar surface area (TPSA) is 147 Å². The minimum Gasteiger partial charge on any atom is -0.487 e. The van der Waals surface area contributed by atoms with Crippen LogP contribution in [-0.2, 0) is 18.9 Å². The summed E-state index contributed by atoms with van der Waals surface area (Å²) >= 11 is 0. The second-order valence-electron chi connectivity index (χ2n) is 9.76. The second-order valence-corrected chi connectivity index (χ2v) is 9.76. The molecule has 6 heterocycles. The molecule has 0 aliphatic carbocycles. The molecule has 12 nitrogen and oxygen atoms in total. The fourth-order valence-electron chi connectivity index (χ4n) is 4.40. The van der Waals surface area contributed by atoms with Crippen molar-refractivity contribution in [1.82, 2.24) is 0 Å². The summed E-state index contributed by atoms with van der Waals surface area (Å²) in [6, 6.07) is 3.10. The van der Waals surface area contributed by atoms with Crippen LogP contribution in [0.5, 0.6) is 23.0 Å². The first kappa shape index (κ1) is 22.4. The predicted molar refractivity (Wildman–Crippen MR) is 128 cm³/mol. The lowest BCUT2D eigenvalue weighted by molar-refractivity contribution is 0.227. The van der Waals surface area contributed by atoms with Crippen molar-refractivity contribution in [3.05, 3.63) is 33.0 Å². The van der Waals surface area contributed by atoms with E-state index in [2.05, 4.69) is 0 Å². The first-order chi connectivity index (χ1) is 18.6. The molecule has 4 fully saturated rings. The Balaban J connectivity index is 1.35. The van der Waals surface area contributed by atoms with Gasteiger partial charge in [0.1, 0.15) is 50.8 Å². The Hall–Kier alpha value is -3.58. The van der Waals surface area contributed by atoms with Gasteiger partial charge in [-0.05, 0) is 12.1 Å². The number of rotatable bonds is 12. The molecule has 0 bridgehead atoms. The second kappa shape index (κ2) is 8.46. The standard InChI is InChI=1S/C26H22O12/c27-25-15-1-17(33-7-11-3-29-11)21(35-9-13-5-31-13)23-19(15)20-16(26(28)38-23)2-18(34-8-12-4-30-12)22(24(20)37-25)36-10-14-6-32-14/h1-2,11-14H,3-10H2. The Morgan fingerprint density at radius 2 is 0.921 bits per heavy atom. The third-order valence-electron chi connectivity index (χ3n) is 6.77. The van der Waals surface area contributed by atoms with Crippen molar-refractivity contribution in [2.45, 2.75) is 24.4 Å². The van der Waals surface area contributed by atoms with Crippen LogP contribution in [0.2, 0.25) is 0 Å². The number of epoxide rings is 4. The summed E-state index contributed by atoms with van der Waals surface area (Å²) in [5.41, 5.74) is -1.14. The van der Waals surface area contributed by atoms with E-state index < -0.39 is 11.3 Å². The van der Waals surface area contributed by atoms with E-state index in [0.717, 1.165) is 0 Å². The Bertz CT molecular complexity index is 1530. The van der Waals surface area contributed by atoms with E-state index in [-0.39, 0.29) is 95.8 Å². The lowest BCUT2D eigenvalue weighted by Crippen LogP contribution is -2.14. The van der Waals surface area contributed by atoms with Crippen LogP contribution < -0.4 is 30.2 Å². The normalized spacial score (nSPS) is 25.2. The molecule has 4 aliphatic rings. The van der Waals surface area contributed by atoms with Crippen molar-refractivity contribution in [3.8, 4) is 23.0 Å². The summed E-state index contributed by atoms with van der Waals surface area (Å²) in [7, 11) is 0. The molecule has 4 aromatic rings. The number of hydrogen-bond donors (Lipinski definition) is 0. The van der Waals surface area contributed by atoms with Crippen molar-refractivity contribution >= 4 is 32.7 Å². The summed E-state index contributed by atoms with van der Waals surface area (Å²) in [4.78, 5) is 26.7. The van der Waals surface area contributed by atoms with Crippen LogP contribution in [0, 0.1) is 0 Å². The third kappa shape index (κ3) is 4.09. The molecule has 4 unspecified atom stereocenters. The van der Waals surface area contributed by atoms with Crippen LogP contribution in [-0.4, -0.2) is 77.3 Å². The van der Waals surface area contributed by atoms with Gasteiger partial charge in [-0.1, -0.05) is 0 Å². The van der Waals surface area contributed by atoms with E-state index in [9.17, 15) is 9.59 Å². The maximum absolute atomic E-state index is 13.4. The van der Waals surface area contributed by atoms with Gasteiger partial charge in [0.2, 0.25) is 11.5 Å². The molecule has 2 aromatic carbocycles. The van der Waals surface area contributed by atoms with E-state index in [1.165, 1.54) is 0 Å². The van der Waals surface area contributed by atoms with E-state index in [1.54, 1.807) is 12.1 Å². The van der Waals surface area contributed by atoms with Gasteiger partial charge in [-0.25, -0.2) is 9.59 Å². The van der Waals surface area contributed by atoms with Crippen LogP contribution in [0.15, 0.2) is 30.6 Å². The number of hydrogen-bond acceptors (Lipinski definition) is 12. The van der Waals surface area contributed by atoms with Gasteiger partial charge < -0.3 is 46.7 Å². The Morgan fingerprint density at radius 3 is 1.26 bits per heavy atom. The molecule has 4 saturated heterocycles. The van der Waals surface area contributed by atoms with Crippen LogP contribution in [0.1, 0.15) is 0 Å². The molecule has 198 valence electrons. The van der Waals surface area contributed by atoms with Gasteiger partial charge in [-0.15, -0.1) is 0 Å². The van der Waals surface area contributed by atoms with Gasteiger partial charge in [-0.2, -0.15) is 0 Å². The molecular weight excluding hydrogens is 504 g/mol. The Labute approximate surface area is 213 Å². The van der Waals surface area contributed by atoms with Crippen molar-refractivity contribution in [2.24, 2.45) is 0 Å². The van der Waals surface area contributed by atoms with Crippen molar-refractivity contribution < 1.29 is 46.7 Å². The molecule has 0 radical (unpaired) electrons. The summed E-state index contributed by atoms with van der Waals surface area (Å²) in [5, 5.41) is 1.10. The van der Waals surface area contributed by atoms with Crippen LogP contribution in [0.25, 0.3) is 32.7 Å². The summed E-state index contributed by atoms with van der Waals surface area (Å²) in [5.74, 6) is 0.913. The van der Waals surface area contributed by atoms with E-state index in [1.807, 2.05) is 0 Å². The molecule has 8 rings (SSSR count). The van der Waals surface area contributed by atoms with Crippen molar-refractivity contribution in [1.29, 1.82) is 0 Å². The summed E-state index contributed by atoms with van der Waals surface area (Å²) in [6.07, 6.45) is -0.216. The average Bonchev–Trinajstić information content (AvgIpc) is 3.75. The average molecular weight is 526 g/mol. The summed E-state index contributed by atoms with van der Waals surface area (Å²) in [6.45, 7) is 3.30. The van der Waals surface area contributed by atoms with Gasteiger partial charge in [0.25, 0.3) is 0 Å². The SMILES string of the molecule is O=c1oc2c(OCC3CO3)c(OCC3CO3)cc3c(=O)oc4c(OCC5CO5)c(OCC5CO5)cc1c4c23. The van der Waals surface area contributed by atoms with Gasteiger partial charge >= 0.3 is 11.3 Å². The van der Waals surface area contributed by atoms with Crippen molar-refractivity contribution in [3.63, 3.8) is 0 Å². The van der Waals surface area contributed by atoms with Crippen molar-refractivity contribution in [2.75, 3.05) is 52.9 Å². The van der Waals surface area contributed by atoms with E-state index >= 15 is 0 Å². The molecule has 0 amide bonds. The van der Waals surface area contributed by atoms with Crippen LogP contribution >= 0.6 is 0 Å². The summed E-state index contributed by atoms with van der Waals surface area (Å²) < 4.78 is 56.6. The highest BCUT2D eigenvalue weighted by molar-refractivity contribution is 6.22. The Kier molecular flexibility index (Phi) is 4.99. The highest BCUT2D eigenvalue weighted by atomic mass is 16.6. The minimum absolute atomic E-state index is 0.0431. The molecule has 0 saturated carbocycles. The lowest BCUT2D eigenvalue weighted by atomic mass is 10.0. The Morgan fingerprint density at radius 1 is 0.579 bits per heavy atom. The predicted octanol–water partition coefficient (Wildman–Crippen LogP) is 1.60. The van der Waals surface area contributed by atoms with Gasteiger partial charge in [0.05, 0.1) is 37.2 Å². The minimum atomic E-state index is -0.655. The fourth-order valence-corrected chi connectivity index (χ4v) is 4.40. The molecule has 4 atom stereocenters. The largest absolute Gasteiger partial charge is 0.487 e. The van der Waals surface area contributed by atoms with Crippen LogP contribution in [0.3, 0.4) is 0 Å². The zero-order chi connectivity index (χ0) is 25.4. The zero-order valence-corrected chi connectivity index (χ0v) is 20.0. The van der Waals surface area contributed by atoms with Gasteiger partial charge in [0.15, 0.2) is 22.7 Å². The monoisotopic (exact) mass is 526 g/mol. The van der Waals surface area contributed by atoms with Gasteiger partial charge in [0, 0.05) is 10.8 Å². The number of benzene rings is 2. The quantitative estimate of drug-likeness (QED) is 0.150. The molecule has 2 aromatic heterocycles.